The molecule has 5 nitrogen and oxygen atoms in total. The number of allylic oxidation sites excluding steroid dienone is 1. The maximum absolute atomic E-state index is 10.9. The van der Waals surface area contributed by atoms with Crippen LogP contribution in [0.5, 0.6) is 0 Å². The van der Waals surface area contributed by atoms with Gasteiger partial charge in [0.15, 0.2) is 0 Å². The van der Waals surface area contributed by atoms with E-state index >= 15 is 0 Å². The van der Waals surface area contributed by atoms with E-state index in [9.17, 15) is 9.59 Å². The average Bonchev–Trinajstić information content (AvgIpc) is 2.13. The van der Waals surface area contributed by atoms with Gasteiger partial charge in [0.1, 0.15) is 6.61 Å². The Morgan fingerprint density at radius 1 is 1.29 bits per heavy atom. The Bertz CT molecular complexity index is 214. The van der Waals surface area contributed by atoms with Gasteiger partial charge in [-0.15, -0.1) is 0 Å². The van der Waals surface area contributed by atoms with Crippen molar-refractivity contribution in [2.75, 3.05) is 26.8 Å². The lowest BCUT2D eigenvalue weighted by molar-refractivity contribution is -0.125. The topological polar surface area (TPSA) is 67.4 Å². The zero-order chi connectivity index (χ0) is 10.8. The standard InChI is InChI=1S/C9H16N2O3/c1-3-4-8(12)10-5-6-11-9(13)7-14-2/h3-4H,5-7H2,1-2H3,(H,10,12)(H,11,13)/b4-3-. The van der Waals surface area contributed by atoms with Crippen molar-refractivity contribution in [3.05, 3.63) is 12.2 Å². The largest absolute Gasteiger partial charge is 0.375 e. The third-order valence-corrected chi connectivity index (χ3v) is 1.34. The van der Waals surface area contributed by atoms with Gasteiger partial charge in [0, 0.05) is 20.2 Å². The maximum atomic E-state index is 10.9. The Hall–Kier alpha value is -1.36. The molecule has 0 spiro atoms. The van der Waals surface area contributed by atoms with Crippen LogP contribution in [0, 0.1) is 0 Å². The smallest absolute Gasteiger partial charge is 0.246 e. The fraction of sp³-hybridized carbons (Fsp3) is 0.556. The lowest BCUT2D eigenvalue weighted by atomic mass is 10.5. The van der Waals surface area contributed by atoms with Crippen molar-refractivity contribution in [1.82, 2.24) is 10.6 Å². The second kappa shape index (κ2) is 8.25. The van der Waals surface area contributed by atoms with Crippen molar-refractivity contribution in [2.24, 2.45) is 0 Å². The van der Waals surface area contributed by atoms with Crippen molar-refractivity contribution in [1.29, 1.82) is 0 Å². The molecule has 2 N–H and O–H groups in total. The molecule has 0 heterocycles. The van der Waals surface area contributed by atoms with Gasteiger partial charge in [-0.1, -0.05) is 6.08 Å². The van der Waals surface area contributed by atoms with Gasteiger partial charge in [0.05, 0.1) is 0 Å². The van der Waals surface area contributed by atoms with E-state index in [1.165, 1.54) is 13.2 Å². The molecule has 0 fully saturated rings. The van der Waals surface area contributed by atoms with Crippen molar-refractivity contribution >= 4 is 11.8 Å². The lowest BCUT2D eigenvalue weighted by Crippen LogP contribution is -2.35. The number of rotatable bonds is 6. The Labute approximate surface area is 83.5 Å². The molecule has 0 aliphatic rings. The van der Waals surface area contributed by atoms with Gasteiger partial charge in [-0.05, 0) is 13.0 Å². The summed E-state index contributed by atoms with van der Waals surface area (Å²) in [5.74, 6) is -0.346. The van der Waals surface area contributed by atoms with Crippen LogP contribution in [0.25, 0.3) is 0 Å². The Morgan fingerprint density at radius 3 is 2.50 bits per heavy atom. The van der Waals surface area contributed by atoms with Crippen LogP contribution in [-0.4, -0.2) is 38.6 Å². The number of methoxy groups -OCH3 is 1. The molecule has 0 atom stereocenters. The number of hydrogen-bond acceptors (Lipinski definition) is 3. The molecular formula is C9H16N2O3. The monoisotopic (exact) mass is 200 g/mol. The molecule has 14 heavy (non-hydrogen) atoms. The summed E-state index contributed by atoms with van der Waals surface area (Å²) in [5.41, 5.74) is 0. The minimum absolute atomic E-state index is 0.0445. The van der Waals surface area contributed by atoms with Crippen LogP contribution >= 0.6 is 0 Å². The minimum Gasteiger partial charge on any atom is -0.375 e. The molecule has 0 aliphatic carbocycles. The van der Waals surface area contributed by atoms with E-state index in [0.717, 1.165) is 0 Å². The zero-order valence-corrected chi connectivity index (χ0v) is 8.50. The fourth-order valence-corrected chi connectivity index (χ4v) is 0.780. The minimum atomic E-state index is -0.187. The molecule has 0 saturated carbocycles. The lowest BCUT2D eigenvalue weighted by Gasteiger charge is -2.04. The molecule has 0 bridgehead atoms. The molecule has 0 aromatic carbocycles. The van der Waals surface area contributed by atoms with Gasteiger partial charge >= 0.3 is 0 Å². The summed E-state index contributed by atoms with van der Waals surface area (Å²) in [6.45, 7) is 2.63. The number of amides is 2. The normalized spacial score (nSPS) is 10.1. The van der Waals surface area contributed by atoms with Crippen molar-refractivity contribution in [2.45, 2.75) is 6.92 Å². The Balaban J connectivity index is 3.37. The summed E-state index contributed by atoms with van der Waals surface area (Å²) >= 11 is 0. The first-order valence-corrected chi connectivity index (χ1v) is 4.37. The molecule has 0 aromatic rings. The van der Waals surface area contributed by atoms with Crippen LogP contribution in [0.2, 0.25) is 0 Å². The van der Waals surface area contributed by atoms with Crippen molar-refractivity contribution < 1.29 is 14.3 Å². The summed E-state index contributed by atoms with van der Waals surface area (Å²) in [5, 5.41) is 5.18. The van der Waals surface area contributed by atoms with E-state index in [2.05, 4.69) is 15.4 Å². The predicted octanol–water partition coefficient (Wildman–Crippen LogP) is -0.559. The van der Waals surface area contributed by atoms with E-state index in [4.69, 9.17) is 0 Å². The molecule has 0 rings (SSSR count). The van der Waals surface area contributed by atoms with Crippen LogP contribution in [0.1, 0.15) is 6.92 Å². The van der Waals surface area contributed by atoms with Gasteiger partial charge in [0.2, 0.25) is 11.8 Å². The van der Waals surface area contributed by atoms with Crippen LogP contribution in [0.4, 0.5) is 0 Å². The number of hydrogen-bond donors (Lipinski definition) is 2. The molecule has 5 heteroatoms. The van der Waals surface area contributed by atoms with E-state index in [0.29, 0.717) is 13.1 Å². The summed E-state index contributed by atoms with van der Waals surface area (Å²) in [4.78, 5) is 21.7. The van der Waals surface area contributed by atoms with E-state index in [-0.39, 0.29) is 18.4 Å². The summed E-state index contributed by atoms with van der Waals surface area (Å²) in [6, 6.07) is 0. The molecular weight excluding hydrogens is 184 g/mol. The van der Waals surface area contributed by atoms with Crippen LogP contribution < -0.4 is 10.6 Å². The highest BCUT2D eigenvalue weighted by molar-refractivity contribution is 5.87. The van der Waals surface area contributed by atoms with Gasteiger partial charge in [-0.3, -0.25) is 9.59 Å². The Morgan fingerprint density at radius 2 is 1.93 bits per heavy atom. The molecule has 2 amide bonds. The highest BCUT2D eigenvalue weighted by Crippen LogP contribution is 1.72. The SMILES string of the molecule is C/C=C\C(=O)NCCNC(=O)COC. The highest BCUT2D eigenvalue weighted by Gasteiger charge is 1.98. The summed E-state index contributed by atoms with van der Waals surface area (Å²) in [7, 11) is 1.45. The van der Waals surface area contributed by atoms with Gasteiger partial charge in [0.25, 0.3) is 0 Å². The molecule has 80 valence electrons. The quantitative estimate of drug-likeness (QED) is 0.446. The first-order valence-electron chi connectivity index (χ1n) is 4.37. The summed E-state index contributed by atoms with van der Waals surface area (Å²) in [6.07, 6.45) is 3.08. The first kappa shape index (κ1) is 12.6. The molecule has 0 saturated heterocycles. The predicted molar refractivity (Wildman–Crippen MR) is 52.7 cm³/mol. The second-order valence-corrected chi connectivity index (χ2v) is 2.57. The number of carbonyl (C=O) groups is 2. The molecule has 0 aliphatic heterocycles. The van der Waals surface area contributed by atoms with Gasteiger partial charge in [-0.25, -0.2) is 0 Å². The Kier molecular flexibility index (Phi) is 7.45. The third kappa shape index (κ3) is 7.30. The maximum Gasteiger partial charge on any atom is 0.246 e. The van der Waals surface area contributed by atoms with Crippen LogP contribution in [0.3, 0.4) is 0 Å². The average molecular weight is 200 g/mol. The number of carbonyl (C=O) groups excluding carboxylic acids is 2. The van der Waals surface area contributed by atoms with E-state index in [1.54, 1.807) is 13.0 Å². The summed E-state index contributed by atoms with van der Waals surface area (Å²) < 4.78 is 4.61. The van der Waals surface area contributed by atoms with Crippen LogP contribution in [0.15, 0.2) is 12.2 Å². The zero-order valence-electron chi connectivity index (χ0n) is 8.50. The fourth-order valence-electron chi connectivity index (χ4n) is 0.780. The first-order chi connectivity index (χ1) is 6.70. The molecule has 0 radical (unpaired) electrons. The number of ether oxygens (including phenoxy) is 1. The van der Waals surface area contributed by atoms with E-state index < -0.39 is 0 Å². The van der Waals surface area contributed by atoms with E-state index in [1.807, 2.05) is 0 Å². The van der Waals surface area contributed by atoms with Crippen molar-refractivity contribution in [3.63, 3.8) is 0 Å². The van der Waals surface area contributed by atoms with Gasteiger partial charge in [-0.2, -0.15) is 0 Å². The second-order valence-electron chi connectivity index (χ2n) is 2.57. The molecule has 0 aromatic heterocycles. The van der Waals surface area contributed by atoms with Crippen molar-refractivity contribution in [3.8, 4) is 0 Å². The number of nitrogens with one attached hydrogen (secondary N) is 2. The highest BCUT2D eigenvalue weighted by atomic mass is 16.5. The van der Waals surface area contributed by atoms with Gasteiger partial charge < -0.3 is 15.4 Å². The van der Waals surface area contributed by atoms with Crippen LogP contribution in [-0.2, 0) is 14.3 Å². The third-order valence-electron chi connectivity index (χ3n) is 1.34. The molecule has 0 unspecified atom stereocenters.